The summed E-state index contributed by atoms with van der Waals surface area (Å²) < 4.78 is 2.11. The Bertz CT molecular complexity index is 406. The number of hydrogen-bond acceptors (Lipinski definition) is 1. The zero-order chi connectivity index (χ0) is 8.55. The maximum absolute atomic E-state index is 5.55. The van der Waals surface area contributed by atoms with Crippen LogP contribution in [0.25, 0.3) is 10.9 Å². The molecule has 0 aliphatic carbocycles. The molecule has 0 saturated heterocycles. The maximum atomic E-state index is 5.55. The zero-order valence-electron chi connectivity index (χ0n) is 7.53. The summed E-state index contributed by atoms with van der Waals surface area (Å²) in [5.41, 5.74) is 7.98. The van der Waals surface area contributed by atoms with Gasteiger partial charge in [-0.25, -0.2) is 0 Å². The molecule has 0 fully saturated rings. The predicted octanol–water partition coefficient (Wildman–Crippen LogP) is 2.06. The standard InChI is InChI=1S/C10H12N2.ClH/c1-12-5-4-9-3-2-8(7-11)6-10(9)12;/h2-6H,7,11H2,1H3;1H. The summed E-state index contributed by atoms with van der Waals surface area (Å²) in [7, 11) is 2.04. The lowest BCUT2D eigenvalue weighted by atomic mass is 10.2. The third kappa shape index (κ3) is 1.69. The Labute approximate surface area is 83.8 Å². The molecule has 70 valence electrons. The molecule has 2 nitrogen and oxygen atoms in total. The Morgan fingerprint density at radius 1 is 1.31 bits per heavy atom. The number of rotatable bonds is 1. The number of nitrogens with zero attached hydrogens (tertiary/aromatic N) is 1. The fraction of sp³-hybridized carbons (Fsp3) is 0.200. The fourth-order valence-corrected chi connectivity index (χ4v) is 1.44. The summed E-state index contributed by atoms with van der Waals surface area (Å²) >= 11 is 0. The molecule has 1 aromatic carbocycles. The molecule has 2 N–H and O–H groups in total. The number of nitrogens with two attached hydrogens (primary N) is 1. The van der Waals surface area contributed by atoms with Crippen LogP contribution in [0, 0.1) is 0 Å². The largest absolute Gasteiger partial charge is 0.351 e. The molecule has 2 aromatic rings. The van der Waals surface area contributed by atoms with E-state index in [0.717, 1.165) is 0 Å². The molecule has 3 heteroatoms. The van der Waals surface area contributed by atoms with E-state index in [1.165, 1.54) is 16.5 Å². The van der Waals surface area contributed by atoms with Crippen LogP contribution < -0.4 is 5.73 Å². The molecule has 0 saturated carbocycles. The molecular formula is C10H13ClN2. The number of benzene rings is 1. The first kappa shape index (κ1) is 10.1. The van der Waals surface area contributed by atoms with Crippen LogP contribution >= 0.6 is 12.4 Å². The second-order valence-corrected chi connectivity index (χ2v) is 3.02. The van der Waals surface area contributed by atoms with Crippen LogP contribution in [-0.2, 0) is 13.6 Å². The topological polar surface area (TPSA) is 30.9 Å². The van der Waals surface area contributed by atoms with Gasteiger partial charge in [0.15, 0.2) is 0 Å². The predicted molar refractivity (Wildman–Crippen MR) is 58.1 cm³/mol. The summed E-state index contributed by atoms with van der Waals surface area (Å²) in [4.78, 5) is 0. The monoisotopic (exact) mass is 196 g/mol. The van der Waals surface area contributed by atoms with E-state index in [0.29, 0.717) is 6.54 Å². The van der Waals surface area contributed by atoms with Gasteiger partial charge < -0.3 is 10.3 Å². The van der Waals surface area contributed by atoms with Crippen LogP contribution in [-0.4, -0.2) is 4.57 Å². The minimum Gasteiger partial charge on any atom is -0.351 e. The van der Waals surface area contributed by atoms with Crippen LogP contribution in [0.3, 0.4) is 0 Å². The number of hydrogen-bond donors (Lipinski definition) is 1. The fourth-order valence-electron chi connectivity index (χ4n) is 1.44. The van der Waals surface area contributed by atoms with Crippen molar-refractivity contribution in [1.82, 2.24) is 4.57 Å². The lowest BCUT2D eigenvalue weighted by Gasteiger charge is -1.99. The van der Waals surface area contributed by atoms with Crippen molar-refractivity contribution in [1.29, 1.82) is 0 Å². The molecule has 1 aromatic heterocycles. The van der Waals surface area contributed by atoms with Gasteiger partial charge in [-0.15, -0.1) is 12.4 Å². The second kappa shape index (κ2) is 3.81. The van der Waals surface area contributed by atoms with Crippen LogP contribution in [0.2, 0.25) is 0 Å². The average Bonchev–Trinajstić information content (AvgIpc) is 2.47. The van der Waals surface area contributed by atoms with Gasteiger partial charge in [-0.3, -0.25) is 0 Å². The Kier molecular flexibility index (Phi) is 2.96. The molecule has 0 unspecified atom stereocenters. The van der Waals surface area contributed by atoms with E-state index in [4.69, 9.17) is 5.73 Å². The first-order chi connectivity index (χ1) is 5.81. The maximum Gasteiger partial charge on any atom is 0.0480 e. The molecule has 0 amide bonds. The zero-order valence-corrected chi connectivity index (χ0v) is 8.34. The second-order valence-electron chi connectivity index (χ2n) is 3.02. The Balaban J connectivity index is 0.000000845. The van der Waals surface area contributed by atoms with Crippen molar-refractivity contribution >= 4 is 23.3 Å². The number of aryl methyl sites for hydroxylation is 1. The van der Waals surface area contributed by atoms with Crippen molar-refractivity contribution in [2.45, 2.75) is 6.54 Å². The van der Waals surface area contributed by atoms with E-state index < -0.39 is 0 Å². The molecule has 0 aliphatic rings. The summed E-state index contributed by atoms with van der Waals surface area (Å²) in [6.45, 7) is 0.612. The van der Waals surface area contributed by atoms with Crippen LogP contribution in [0.4, 0.5) is 0 Å². The van der Waals surface area contributed by atoms with E-state index in [1.807, 2.05) is 7.05 Å². The quantitative estimate of drug-likeness (QED) is 0.744. The lowest BCUT2D eigenvalue weighted by Crippen LogP contribution is -1.96. The van der Waals surface area contributed by atoms with E-state index in [2.05, 4.69) is 35.0 Å². The van der Waals surface area contributed by atoms with Crippen molar-refractivity contribution < 1.29 is 0 Å². The normalized spacial score (nSPS) is 10.0. The Morgan fingerprint density at radius 2 is 2.08 bits per heavy atom. The van der Waals surface area contributed by atoms with Crippen molar-refractivity contribution in [2.75, 3.05) is 0 Å². The molecule has 0 aliphatic heterocycles. The molecule has 0 spiro atoms. The van der Waals surface area contributed by atoms with Crippen molar-refractivity contribution in [3.8, 4) is 0 Å². The minimum absolute atomic E-state index is 0. The summed E-state index contributed by atoms with van der Waals surface area (Å²) in [5.74, 6) is 0. The number of halogens is 1. The third-order valence-electron chi connectivity index (χ3n) is 2.19. The van der Waals surface area contributed by atoms with Gasteiger partial charge in [-0.05, 0) is 23.1 Å². The Morgan fingerprint density at radius 3 is 2.77 bits per heavy atom. The minimum atomic E-state index is 0. The summed E-state index contributed by atoms with van der Waals surface area (Å²) in [6.07, 6.45) is 2.06. The Hall–Kier alpha value is -0.990. The van der Waals surface area contributed by atoms with Gasteiger partial charge in [-0.2, -0.15) is 0 Å². The molecule has 13 heavy (non-hydrogen) atoms. The molecular weight excluding hydrogens is 184 g/mol. The van der Waals surface area contributed by atoms with Gasteiger partial charge in [0.25, 0.3) is 0 Å². The lowest BCUT2D eigenvalue weighted by molar-refractivity contribution is 0.965. The number of fused-ring (bicyclic) bond motifs is 1. The van der Waals surface area contributed by atoms with E-state index >= 15 is 0 Å². The van der Waals surface area contributed by atoms with Crippen LogP contribution in [0.5, 0.6) is 0 Å². The van der Waals surface area contributed by atoms with Crippen molar-refractivity contribution in [2.24, 2.45) is 12.8 Å². The van der Waals surface area contributed by atoms with Gasteiger partial charge in [-0.1, -0.05) is 12.1 Å². The molecule has 1 heterocycles. The smallest absolute Gasteiger partial charge is 0.0480 e. The SMILES string of the molecule is Cl.Cn1ccc2ccc(CN)cc21. The molecule has 0 atom stereocenters. The molecule has 0 radical (unpaired) electrons. The van der Waals surface area contributed by atoms with Crippen LogP contribution in [0.1, 0.15) is 5.56 Å². The average molecular weight is 197 g/mol. The first-order valence-electron chi connectivity index (χ1n) is 4.05. The summed E-state index contributed by atoms with van der Waals surface area (Å²) in [5, 5.41) is 1.27. The van der Waals surface area contributed by atoms with E-state index in [1.54, 1.807) is 0 Å². The van der Waals surface area contributed by atoms with Crippen molar-refractivity contribution in [3.63, 3.8) is 0 Å². The van der Waals surface area contributed by atoms with Gasteiger partial charge in [0.05, 0.1) is 0 Å². The van der Waals surface area contributed by atoms with Gasteiger partial charge in [0, 0.05) is 25.3 Å². The third-order valence-corrected chi connectivity index (χ3v) is 2.19. The summed E-state index contributed by atoms with van der Waals surface area (Å²) in [6, 6.07) is 8.42. The highest BCUT2D eigenvalue weighted by Crippen LogP contribution is 2.15. The highest BCUT2D eigenvalue weighted by atomic mass is 35.5. The first-order valence-corrected chi connectivity index (χ1v) is 4.05. The van der Waals surface area contributed by atoms with Gasteiger partial charge >= 0.3 is 0 Å². The van der Waals surface area contributed by atoms with Gasteiger partial charge in [0.2, 0.25) is 0 Å². The van der Waals surface area contributed by atoms with E-state index in [9.17, 15) is 0 Å². The highest BCUT2D eigenvalue weighted by Gasteiger charge is 1.97. The van der Waals surface area contributed by atoms with Crippen LogP contribution in [0.15, 0.2) is 30.5 Å². The molecule has 0 bridgehead atoms. The van der Waals surface area contributed by atoms with Crippen molar-refractivity contribution in [3.05, 3.63) is 36.0 Å². The number of aromatic nitrogens is 1. The molecule has 2 rings (SSSR count). The highest BCUT2D eigenvalue weighted by molar-refractivity contribution is 5.85. The van der Waals surface area contributed by atoms with E-state index in [-0.39, 0.29) is 12.4 Å². The van der Waals surface area contributed by atoms with Gasteiger partial charge in [0.1, 0.15) is 0 Å².